The van der Waals surface area contributed by atoms with Crippen molar-refractivity contribution in [1.82, 2.24) is 0 Å². The lowest BCUT2D eigenvalue weighted by molar-refractivity contribution is 0.194. The highest BCUT2D eigenvalue weighted by Crippen LogP contribution is 2.10. The largest absolute Gasteiger partial charge is 0.373 e. The molecule has 0 unspecified atom stereocenters. The number of rotatable bonds is 5. The van der Waals surface area contributed by atoms with Crippen LogP contribution in [0.15, 0.2) is 73.3 Å². The Morgan fingerprint density at radius 1 is 0.905 bits per heavy atom. The van der Waals surface area contributed by atoms with E-state index in [9.17, 15) is 0 Å². The van der Waals surface area contributed by atoms with E-state index in [-0.39, 0.29) is 0 Å². The van der Waals surface area contributed by atoms with Gasteiger partial charge in [0.2, 0.25) is 0 Å². The van der Waals surface area contributed by atoms with E-state index in [1.54, 1.807) is 6.08 Å². The van der Waals surface area contributed by atoms with E-state index < -0.39 is 0 Å². The van der Waals surface area contributed by atoms with Crippen molar-refractivity contribution in [1.29, 1.82) is 0 Å². The molecular formula is C20H18O. The molecule has 1 heteroatoms. The standard InChI is InChI=1S/C20H18O/c1-2-16-21-17-8-13-19-11-6-7-12-20(19)15-14-18-9-4-3-5-10-18/h2-13H,1,16-17H2/b13-8+. The molecule has 0 aliphatic carbocycles. The van der Waals surface area contributed by atoms with Crippen molar-refractivity contribution in [2.24, 2.45) is 0 Å². The van der Waals surface area contributed by atoms with Crippen molar-refractivity contribution in [2.75, 3.05) is 13.2 Å². The first kappa shape index (κ1) is 14.8. The molecule has 0 atom stereocenters. The van der Waals surface area contributed by atoms with Crippen LogP contribution in [0.2, 0.25) is 0 Å². The Labute approximate surface area is 126 Å². The van der Waals surface area contributed by atoms with Crippen molar-refractivity contribution >= 4 is 6.08 Å². The zero-order chi connectivity index (χ0) is 14.8. The van der Waals surface area contributed by atoms with Gasteiger partial charge in [-0.05, 0) is 23.8 Å². The van der Waals surface area contributed by atoms with Crippen LogP contribution in [0.5, 0.6) is 0 Å². The molecule has 0 aliphatic heterocycles. The third kappa shape index (κ3) is 5.14. The quantitative estimate of drug-likeness (QED) is 0.448. The minimum atomic E-state index is 0.569. The fraction of sp³-hybridized carbons (Fsp3) is 0.100. The summed E-state index contributed by atoms with van der Waals surface area (Å²) in [5.41, 5.74) is 3.13. The maximum absolute atomic E-state index is 5.33. The Bertz CT molecular complexity index is 657. The minimum Gasteiger partial charge on any atom is -0.373 e. The summed E-state index contributed by atoms with van der Waals surface area (Å²) in [6.07, 6.45) is 5.78. The maximum Gasteiger partial charge on any atom is 0.0655 e. The van der Waals surface area contributed by atoms with Crippen LogP contribution in [0.1, 0.15) is 16.7 Å². The van der Waals surface area contributed by atoms with Gasteiger partial charge in [-0.1, -0.05) is 66.5 Å². The van der Waals surface area contributed by atoms with Gasteiger partial charge in [-0.25, -0.2) is 0 Å². The van der Waals surface area contributed by atoms with E-state index in [0.29, 0.717) is 13.2 Å². The summed E-state index contributed by atoms with van der Waals surface area (Å²) in [6, 6.07) is 18.1. The third-order valence-corrected chi connectivity index (χ3v) is 2.82. The van der Waals surface area contributed by atoms with Crippen LogP contribution in [0.4, 0.5) is 0 Å². The first-order valence-corrected chi connectivity index (χ1v) is 6.91. The average molecular weight is 274 g/mol. The zero-order valence-electron chi connectivity index (χ0n) is 12.0. The molecule has 0 saturated carbocycles. The van der Waals surface area contributed by atoms with Crippen molar-refractivity contribution in [3.63, 3.8) is 0 Å². The van der Waals surface area contributed by atoms with Crippen LogP contribution in [0.3, 0.4) is 0 Å². The molecule has 0 bridgehead atoms. The summed E-state index contributed by atoms with van der Waals surface area (Å²) in [5.74, 6) is 6.41. The fourth-order valence-electron chi connectivity index (χ4n) is 1.81. The van der Waals surface area contributed by atoms with Crippen LogP contribution in [-0.2, 0) is 4.74 Å². The second kappa shape index (κ2) is 8.58. The lowest BCUT2D eigenvalue weighted by atomic mass is 10.1. The van der Waals surface area contributed by atoms with E-state index in [1.807, 2.05) is 60.7 Å². The van der Waals surface area contributed by atoms with E-state index in [2.05, 4.69) is 24.5 Å². The molecular weight excluding hydrogens is 256 g/mol. The van der Waals surface area contributed by atoms with Gasteiger partial charge in [0.1, 0.15) is 0 Å². The molecule has 0 saturated heterocycles. The summed E-state index contributed by atoms with van der Waals surface area (Å²) in [5, 5.41) is 0. The average Bonchev–Trinajstić information content (AvgIpc) is 2.55. The number of hydrogen-bond donors (Lipinski definition) is 0. The molecule has 21 heavy (non-hydrogen) atoms. The van der Waals surface area contributed by atoms with Gasteiger partial charge in [-0.3, -0.25) is 0 Å². The van der Waals surface area contributed by atoms with Gasteiger partial charge < -0.3 is 4.74 Å². The SMILES string of the molecule is C=CCOC/C=C/c1ccccc1C#Cc1ccccc1. The topological polar surface area (TPSA) is 9.23 Å². The summed E-state index contributed by atoms with van der Waals surface area (Å²) in [4.78, 5) is 0. The molecule has 2 rings (SSSR count). The molecule has 0 spiro atoms. The highest BCUT2D eigenvalue weighted by molar-refractivity contribution is 5.60. The summed E-state index contributed by atoms with van der Waals surface area (Å²) in [6.45, 7) is 4.76. The lowest BCUT2D eigenvalue weighted by Gasteiger charge is -1.99. The van der Waals surface area contributed by atoms with Gasteiger partial charge in [0, 0.05) is 11.1 Å². The molecule has 2 aromatic rings. The Morgan fingerprint density at radius 2 is 1.67 bits per heavy atom. The van der Waals surface area contributed by atoms with Crippen LogP contribution in [-0.4, -0.2) is 13.2 Å². The first-order valence-electron chi connectivity index (χ1n) is 6.91. The number of hydrogen-bond acceptors (Lipinski definition) is 1. The molecule has 0 radical (unpaired) electrons. The van der Waals surface area contributed by atoms with Crippen molar-refractivity contribution in [3.8, 4) is 11.8 Å². The minimum absolute atomic E-state index is 0.569. The van der Waals surface area contributed by atoms with Crippen LogP contribution >= 0.6 is 0 Å². The van der Waals surface area contributed by atoms with Crippen molar-refractivity contribution in [3.05, 3.63) is 90.0 Å². The first-order chi connectivity index (χ1) is 10.4. The molecule has 1 nitrogen and oxygen atoms in total. The Hall–Kier alpha value is -2.56. The van der Waals surface area contributed by atoms with Crippen molar-refractivity contribution in [2.45, 2.75) is 0 Å². The molecule has 0 fully saturated rings. The van der Waals surface area contributed by atoms with E-state index in [4.69, 9.17) is 4.74 Å². The second-order valence-electron chi connectivity index (χ2n) is 4.43. The van der Waals surface area contributed by atoms with Gasteiger partial charge >= 0.3 is 0 Å². The molecule has 0 aromatic heterocycles. The van der Waals surface area contributed by atoms with Gasteiger partial charge in [0.25, 0.3) is 0 Å². The van der Waals surface area contributed by atoms with Gasteiger partial charge in [-0.2, -0.15) is 0 Å². The van der Waals surface area contributed by atoms with E-state index in [0.717, 1.165) is 16.7 Å². The zero-order valence-corrected chi connectivity index (χ0v) is 12.0. The normalized spacial score (nSPS) is 10.1. The molecule has 0 amide bonds. The van der Waals surface area contributed by atoms with Gasteiger partial charge in [0.05, 0.1) is 13.2 Å². The Balaban J connectivity index is 2.10. The highest BCUT2D eigenvalue weighted by atomic mass is 16.5. The monoisotopic (exact) mass is 274 g/mol. The summed E-state index contributed by atoms with van der Waals surface area (Å²) in [7, 11) is 0. The molecule has 2 aromatic carbocycles. The fourth-order valence-corrected chi connectivity index (χ4v) is 1.81. The smallest absolute Gasteiger partial charge is 0.0655 e. The van der Waals surface area contributed by atoms with E-state index in [1.165, 1.54) is 0 Å². The molecule has 0 N–H and O–H groups in total. The van der Waals surface area contributed by atoms with Crippen LogP contribution < -0.4 is 0 Å². The summed E-state index contributed by atoms with van der Waals surface area (Å²) >= 11 is 0. The maximum atomic E-state index is 5.33. The second-order valence-corrected chi connectivity index (χ2v) is 4.43. The molecule has 0 aliphatic rings. The van der Waals surface area contributed by atoms with E-state index >= 15 is 0 Å². The molecule has 104 valence electrons. The lowest BCUT2D eigenvalue weighted by Crippen LogP contribution is -1.89. The summed E-state index contributed by atoms with van der Waals surface area (Å²) < 4.78 is 5.33. The van der Waals surface area contributed by atoms with Crippen LogP contribution in [0.25, 0.3) is 6.08 Å². The van der Waals surface area contributed by atoms with Gasteiger partial charge in [0.15, 0.2) is 0 Å². The van der Waals surface area contributed by atoms with Crippen molar-refractivity contribution < 1.29 is 4.74 Å². The van der Waals surface area contributed by atoms with Gasteiger partial charge in [-0.15, -0.1) is 6.58 Å². The molecule has 0 heterocycles. The Morgan fingerprint density at radius 3 is 2.48 bits per heavy atom. The predicted molar refractivity (Wildman–Crippen MR) is 88.9 cm³/mol. The number of benzene rings is 2. The third-order valence-electron chi connectivity index (χ3n) is 2.82. The van der Waals surface area contributed by atoms with Crippen LogP contribution in [0, 0.1) is 11.8 Å². The predicted octanol–water partition coefficient (Wildman–Crippen LogP) is 4.30. The number of ether oxygens (including phenoxy) is 1. The Kier molecular flexibility index (Phi) is 6.06. The highest BCUT2D eigenvalue weighted by Gasteiger charge is 1.94.